The number of pyridine rings is 1. The maximum atomic E-state index is 12.4. The van der Waals surface area contributed by atoms with Crippen molar-refractivity contribution in [2.45, 2.75) is 26.2 Å². The number of nitrogens with zero attached hydrogens (tertiary/aromatic N) is 2. The maximum Gasteiger partial charge on any atom is 0.263 e. The molecular weight excluding hydrogens is 280 g/mol. The molecule has 1 atom stereocenters. The van der Waals surface area contributed by atoms with E-state index in [9.17, 15) is 4.79 Å². The van der Waals surface area contributed by atoms with E-state index in [1.807, 2.05) is 35.5 Å². The molecule has 1 saturated heterocycles. The van der Waals surface area contributed by atoms with E-state index < -0.39 is 0 Å². The van der Waals surface area contributed by atoms with Crippen molar-refractivity contribution in [3.63, 3.8) is 0 Å². The van der Waals surface area contributed by atoms with Crippen molar-refractivity contribution >= 4 is 17.2 Å². The third-order valence-electron chi connectivity index (χ3n) is 4.04. The van der Waals surface area contributed by atoms with Gasteiger partial charge in [0.25, 0.3) is 5.91 Å². The molecule has 3 nitrogen and oxygen atoms in total. The normalized spacial score (nSPS) is 18.7. The lowest BCUT2D eigenvalue weighted by Gasteiger charge is -2.32. The molecular formula is C17H20N2OS. The van der Waals surface area contributed by atoms with Crippen LogP contribution in [-0.2, 0) is 6.42 Å². The first-order chi connectivity index (χ1) is 10.2. The summed E-state index contributed by atoms with van der Waals surface area (Å²) in [6, 6.07) is 8.08. The van der Waals surface area contributed by atoms with Crippen LogP contribution in [0.2, 0.25) is 0 Å². The van der Waals surface area contributed by atoms with Gasteiger partial charge in [-0.25, -0.2) is 0 Å². The number of carbonyl (C=O) groups is 1. The number of amides is 1. The highest BCUT2D eigenvalue weighted by Crippen LogP contribution is 2.23. The van der Waals surface area contributed by atoms with Gasteiger partial charge in [0.05, 0.1) is 4.88 Å². The molecule has 1 amide bonds. The maximum absolute atomic E-state index is 12.4. The number of rotatable bonds is 3. The molecule has 0 aromatic carbocycles. The summed E-state index contributed by atoms with van der Waals surface area (Å²) in [5.41, 5.74) is 2.33. The monoisotopic (exact) mass is 300 g/mol. The van der Waals surface area contributed by atoms with Crippen LogP contribution in [0.1, 0.15) is 33.8 Å². The quantitative estimate of drug-likeness (QED) is 0.868. The second kappa shape index (κ2) is 6.39. The molecule has 3 rings (SSSR count). The van der Waals surface area contributed by atoms with Crippen molar-refractivity contribution < 1.29 is 4.79 Å². The lowest BCUT2D eigenvalue weighted by atomic mass is 9.91. The standard InChI is InChI=1S/C17H20N2OS/c1-13-6-7-14(11-18-13)10-15-4-2-8-19(12-15)17(20)16-5-3-9-21-16/h3,5-7,9,11,15H,2,4,8,10,12H2,1H3/t15-/m0/s1. The second-order valence-electron chi connectivity index (χ2n) is 5.75. The molecule has 21 heavy (non-hydrogen) atoms. The third kappa shape index (κ3) is 3.50. The van der Waals surface area contributed by atoms with Gasteiger partial charge in [0.1, 0.15) is 0 Å². The molecule has 3 heterocycles. The van der Waals surface area contributed by atoms with Crippen LogP contribution in [0.3, 0.4) is 0 Å². The van der Waals surface area contributed by atoms with Gasteiger partial charge in [-0.3, -0.25) is 9.78 Å². The fraction of sp³-hybridized carbons (Fsp3) is 0.412. The molecule has 110 valence electrons. The molecule has 0 unspecified atom stereocenters. The highest BCUT2D eigenvalue weighted by Gasteiger charge is 2.25. The summed E-state index contributed by atoms with van der Waals surface area (Å²) < 4.78 is 0. The van der Waals surface area contributed by atoms with Crippen LogP contribution in [0, 0.1) is 12.8 Å². The summed E-state index contributed by atoms with van der Waals surface area (Å²) in [6.45, 7) is 3.76. The van der Waals surface area contributed by atoms with E-state index in [-0.39, 0.29) is 5.91 Å². The minimum atomic E-state index is 0.191. The molecule has 0 saturated carbocycles. The van der Waals surface area contributed by atoms with Crippen LogP contribution in [0.4, 0.5) is 0 Å². The van der Waals surface area contributed by atoms with Crippen LogP contribution >= 0.6 is 11.3 Å². The Hall–Kier alpha value is -1.68. The van der Waals surface area contributed by atoms with Crippen molar-refractivity contribution in [2.75, 3.05) is 13.1 Å². The van der Waals surface area contributed by atoms with Gasteiger partial charge in [0.15, 0.2) is 0 Å². The predicted molar refractivity (Wildman–Crippen MR) is 85.6 cm³/mol. The Kier molecular flexibility index (Phi) is 4.34. The summed E-state index contributed by atoms with van der Waals surface area (Å²) in [4.78, 5) is 19.7. The zero-order valence-corrected chi connectivity index (χ0v) is 13.1. The number of hydrogen-bond donors (Lipinski definition) is 0. The molecule has 0 bridgehead atoms. The number of likely N-dealkylation sites (tertiary alicyclic amines) is 1. The molecule has 1 aliphatic heterocycles. The first-order valence-electron chi connectivity index (χ1n) is 7.46. The van der Waals surface area contributed by atoms with Gasteiger partial charge >= 0.3 is 0 Å². The number of aromatic nitrogens is 1. The molecule has 0 spiro atoms. The van der Waals surface area contributed by atoms with Gasteiger partial charge in [-0.1, -0.05) is 12.1 Å². The first-order valence-corrected chi connectivity index (χ1v) is 8.34. The van der Waals surface area contributed by atoms with Gasteiger partial charge in [-0.05, 0) is 55.2 Å². The molecule has 1 aliphatic rings. The molecule has 4 heteroatoms. The first kappa shape index (κ1) is 14.3. The number of aryl methyl sites for hydroxylation is 1. The lowest BCUT2D eigenvalue weighted by Crippen LogP contribution is -2.40. The zero-order valence-electron chi connectivity index (χ0n) is 12.3. The van der Waals surface area contributed by atoms with Crippen molar-refractivity contribution in [2.24, 2.45) is 5.92 Å². The summed E-state index contributed by atoms with van der Waals surface area (Å²) in [5, 5.41) is 1.96. The van der Waals surface area contributed by atoms with E-state index in [1.54, 1.807) is 0 Å². The topological polar surface area (TPSA) is 33.2 Å². The van der Waals surface area contributed by atoms with Crippen LogP contribution in [0.25, 0.3) is 0 Å². The average molecular weight is 300 g/mol. The van der Waals surface area contributed by atoms with Crippen molar-refractivity contribution in [1.82, 2.24) is 9.88 Å². The molecule has 0 aliphatic carbocycles. The SMILES string of the molecule is Cc1ccc(C[C@@H]2CCCN(C(=O)c3cccs3)C2)cn1. The summed E-state index contributed by atoms with van der Waals surface area (Å²) in [6.07, 6.45) is 5.28. The van der Waals surface area contributed by atoms with E-state index in [1.165, 1.54) is 23.3 Å². The van der Waals surface area contributed by atoms with E-state index >= 15 is 0 Å². The van der Waals surface area contributed by atoms with E-state index in [0.29, 0.717) is 5.92 Å². The van der Waals surface area contributed by atoms with Gasteiger partial charge < -0.3 is 4.90 Å². The Morgan fingerprint density at radius 3 is 3.05 bits per heavy atom. The Labute approximate surface area is 129 Å². The van der Waals surface area contributed by atoms with Crippen molar-refractivity contribution in [3.8, 4) is 0 Å². The van der Waals surface area contributed by atoms with Crippen LogP contribution in [-0.4, -0.2) is 28.9 Å². The van der Waals surface area contributed by atoms with Gasteiger partial charge in [-0.15, -0.1) is 11.3 Å². The second-order valence-corrected chi connectivity index (χ2v) is 6.70. The van der Waals surface area contributed by atoms with E-state index in [4.69, 9.17) is 0 Å². The molecule has 0 N–H and O–H groups in total. The smallest absolute Gasteiger partial charge is 0.263 e. The predicted octanol–water partition coefficient (Wildman–Crippen LogP) is 3.55. The number of carbonyl (C=O) groups excluding carboxylic acids is 1. The highest BCUT2D eigenvalue weighted by molar-refractivity contribution is 7.12. The van der Waals surface area contributed by atoms with Crippen LogP contribution < -0.4 is 0 Å². The van der Waals surface area contributed by atoms with Crippen LogP contribution in [0.5, 0.6) is 0 Å². The number of thiophene rings is 1. The number of hydrogen-bond acceptors (Lipinski definition) is 3. The highest BCUT2D eigenvalue weighted by atomic mass is 32.1. The van der Waals surface area contributed by atoms with Crippen molar-refractivity contribution in [3.05, 3.63) is 52.0 Å². The Bertz CT molecular complexity index is 592. The Morgan fingerprint density at radius 1 is 1.43 bits per heavy atom. The average Bonchev–Trinajstić information content (AvgIpc) is 3.03. The van der Waals surface area contributed by atoms with Crippen LogP contribution in [0.15, 0.2) is 35.8 Å². The molecule has 2 aromatic rings. The van der Waals surface area contributed by atoms with Crippen molar-refractivity contribution in [1.29, 1.82) is 0 Å². The number of piperidine rings is 1. The van der Waals surface area contributed by atoms with Gasteiger partial charge in [-0.2, -0.15) is 0 Å². The largest absolute Gasteiger partial charge is 0.338 e. The Balaban J connectivity index is 1.63. The molecule has 1 fully saturated rings. The minimum absolute atomic E-state index is 0.191. The summed E-state index contributed by atoms with van der Waals surface area (Å²) in [5.74, 6) is 0.740. The van der Waals surface area contributed by atoms with Gasteiger partial charge in [0.2, 0.25) is 0 Å². The lowest BCUT2D eigenvalue weighted by molar-refractivity contribution is 0.0678. The zero-order chi connectivity index (χ0) is 14.7. The van der Waals surface area contributed by atoms with E-state index in [0.717, 1.165) is 36.5 Å². The fourth-order valence-corrected chi connectivity index (χ4v) is 3.62. The van der Waals surface area contributed by atoms with Gasteiger partial charge in [0, 0.05) is 25.0 Å². The van der Waals surface area contributed by atoms with E-state index in [2.05, 4.69) is 17.1 Å². The minimum Gasteiger partial charge on any atom is -0.338 e. The summed E-state index contributed by atoms with van der Waals surface area (Å²) in [7, 11) is 0. The summed E-state index contributed by atoms with van der Waals surface area (Å²) >= 11 is 1.53. The Morgan fingerprint density at radius 2 is 2.33 bits per heavy atom. The fourth-order valence-electron chi connectivity index (χ4n) is 2.92. The molecule has 2 aromatic heterocycles. The third-order valence-corrected chi connectivity index (χ3v) is 4.89. The molecule has 0 radical (unpaired) electrons.